The van der Waals surface area contributed by atoms with E-state index < -0.39 is 0 Å². The molecule has 10 rings (SSSR count). The first-order valence-electron chi connectivity index (χ1n) is 16.8. The molecule has 0 N–H and O–H groups in total. The van der Waals surface area contributed by atoms with Crippen molar-refractivity contribution < 1.29 is 0 Å². The highest BCUT2D eigenvalue weighted by atomic mass is 32.1. The number of thiophene rings is 1. The van der Waals surface area contributed by atoms with E-state index in [0.717, 1.165) is 0 Å². The van der Waals surface area contributed by atoms with E-state index in [9.17, 15) is 0 Å². The Morgan fingerprint density at radius 2 is 0.796 bits per heavy atom. The predicted molar refractivity (Wildman–Crippen MR) is 214 cm³/mol. The molecular formula is C48H30S. The van der Waals surface area contributed by atoms with E-state index in [0.29, 0.717) is 0 Å². The van der Waals surface area contributed by atoms with Crippen molar-refractivity contribution in [2.24, 2.45) is 0 Å². The van der Waals surface area contributed by atoms with E-state index in [-0.39, 0.29) is 0 Å². The van der Waals surface area contributed by atoms with Crippen LogP contribution in [0.5, 0.6) is 0 Å². The molecule has 9 aromatic carbocycles. The Kier molecular flexibility index (Phi) is 6.47. The van der Waals surface area contributed by atoms with Gasteiger partial charge in [-0.05, 0) is 101 Å². The summed E-state index contributed by atoms with van der Waals surface area (Å²) in [4.78, 5) is 0. The van der Waals surface area contributed by atoms with Gasteiger partial charge in [-0.1, -0.05) is 158 Å². The standard InChI is InChI=1S/C48H30S/c1-2-14-32(15-3-1)46-36-18-5-4-13-31(36)25-27-37(46)33-16-12-17-34(29-33)47-39-20-6-8-22-41(39)48(42-23-9-7-21-40(42)47)35-26-28-45-43(30-35)38-19-10-11-24-44(38)49-45/h1-30H. The third-order valence-corrected chi connectivity index (χ3v) is 11.2. The van der Waals surface area contributed by atoms with Crippen molar-refractivity contribution in [3.63, 3.8) is 0 Å². The molecule has 1 heteroatoms. The molecule has 1 heterocycles. The topological polar surface area (TPSA) is 0 Å². The van der Waals surface area contributed by atoms with Crippen LogP contribution in [0.3, 0.4) is 0 Å². The second-order valence-electron chi connectivity index (χ2n) is 12.8. The minimum absolute atomic E-state index is 1.22. The fraction of sp³-hybridized carbons (Fsp3) is 0. The van der Waals surface area contributed by atoms with Gasteiger partial charge in [0.1, 0.15) is 0 Å². The Morgan fingerprint density at radius 3 is 1.51 bits per heavy atom. The van der Waals surface area contributed by atoms with Crippen LogP contribution in [0.15, 0.2) is 182 Å². The summed E-state index contributed by atoms with van der Waals surface area (Å²) in [5.74, 6) is 0. The molecule has 1 aromatic heterocycles. The molecule has 0 bridgehead atoms. The molecule has 10 aromatic rings. The van der Waals surface area contributed by atoms with Crippen LogP contribution in [0, 0.1) is 0 Å². The van der Waals surface area contributed by atoms with Crippen LogP contribution in [0.1, 0.15) is 0 Å². The van der Waals surface area contributed by atoms with Crippen LogP contribution >= 0.6 is 11.3 Å². The molecule has 0 aliphatic rings. The van der Waals surface area contributed by atoms with Gasteiger partial charge in [-0.3, -0.25) is 0 Å². The lowest BCUT2D eigenvalue weighted by atomic mass is 9.84. The maximum atomic E-state index is 2.41. The zero-order valence-electron chi connectivity index (χ0n) is 26.7. The highest BCUT2D eigenvalue weighted by Gasteiger charge is 2.19. The van der Waals surface area contributed by atoms with Gasteiger partial charge in [-0.25, -0.2) is 0 Å². The Balaban J connectivity index is 1.23. The van der Waals surface area contributed by atoms with E-state index in [2.05, 4.69) is 182 Å². The van der Waals surface area contributed by atoms with Crippen molar-refractivity contribution in [1.82, 2.24) is 0 Å². The van der Waals surface area contributed by atoms with E-state index in [1.165, 1.54) is 97.0 Å². The molecule has 0 saturated carbocycles. The number of benzene rings is 9. The Labute approximate surface area is 289 Å². The fourth-order valence-corrected chi connectivity index (χ4v) is 8.99. The van der Waals surface area contributed by atoms with Crippen molar-refractivity contribution in [2.75, 3.05) is 0 Å². The van der Waals surface area contributed by atoms with Crippen LogP contribution in [-0.4, -0.2) is 0 Å². The van der Waals surface area contributed by atoms with Gasteiger partial charge in [0, 0.05) is 20.2 Å². The van der Waals surface area contributed by atoms with E-state index in [4.69, 9.17) is 0 Å². The molecule has 0 nitrogen and oxygen atoms in total. The van der Waals surface area contributed by atoms with Gasteiger partial charge < -0.3 is 0 Å². The third-order valence-electron chi connectivity index (χ3n) is 10.1. The van der Waals surface area contributed by atoms with Gasteiger partial charge >= 0.3 is 0 Å². The normalized spacial score (nSPS) is 11.7. The summed E-state index contributed by atoms with van der Waals surface area (Å²) in [6.45, 7) is 0. The summed E-state index contributed by atoms with van der Waals surface area (Å²) in [5, 5.41) is 10.3. The van der Waals surface area contributed by atoms with Crippen LogP contribution in [0.2, 0.25) is 0 Å². The van der Waals surface area contributed by atoms with Gasteiger partial charge in [0.05, 0.1) is 0 Å². The summed E-state index contributed by atoms with van der Waals surface area (Å²) in [7, 11) is 0. The quantitative estimate of drug-likeness (QED) is 0.168. The van der Waals surface area contributed by atoms with Crippen molar-refractivity contribution in [2.45, 2.75) is 0 Å². The van der Waals surface area contributed by atoms with Crippen molar-refractivity contribution >= 4 is 63.8 Å². The Bertz CT molecular complexity index is 2820. The highest BCUT2D eigenvalue weighted by Crippen LogP contribution is 2.46. The summed E-state index contributed by atoms with van der Waals surface area (Å²) in [6.07, 6.45) is 0. The molecule has 0 unspecified atom stereocenters. The number of hydrogen-bond acceptors (Lipinski definition) is 1. The maximum Gasteiger partial charge on any atom is 0.0355 e. The average molecular weight is 639 g/mol. The smallest absolute Gasteiger partial charge is 0.0355 e. The number of hydrogen-bond donors (Lipinski definition) is 0. The molecule has 49 heavy (non-hydrogen) atoms. The SMILES string of the molecule is c1ccc(-c2c(-c3cccc(-c4c5ccccc5c(-c5ccc6sc7ccccc7c6c5)c5ccccc45)c3)ccc3ccccc23)cc1. The highest BCUT2D eigenvalue weighted by molar-refractivity contribution is 7.25. The van der Waals surface area contributed by atoms with Crippen molar-refractivity contribution in [3.8, 4) is 44.5 Å². The molecular weight excluding hydrogens is 609 g/mol. The van der Waals surface area contributed by atoms with Crippen LogP contribution in [-0.2, 0) is 0 Å². The molecule has 0 saturated heterocycles. The van der Waals surface area contributed by atoms with Gasteiger partial charge in [0.15, 0.2) is 0 Å². The van der Waals surface area contributed by atoms with E-state index in [1.54, 1.807) is 0 Å². The van der Waals surface area contributed by atoms with Crippen LogP contribution in [0.4, 0.5) is 0 Å². The second-order valence-corrected chi connectivity index (χ2v) is 13.9. The van der Waals surface area contributed by atoms with Crippen LogP contribution < -0.4 is 0 Å². The van der Waals surface area contributed by atoms with Gasteiger partial charge in [0.25, 0.3) is 0 Å². The molecule has 0 spiro atoms. The lowest BCUT2D eigenvalue weighted by molar-refractivity contribution is 1.60. The average Bonchev–Trinajstić information content (AvgIpc) is 3.55. The second kappa shape index (κ2) is 11.3. The molecule has 0 amide bonds. The predicted octanol–water partition coefficient (Wildman–Crippen LogP) is 14.2. The van der Waals surface area contributed by atoms with Crippen molar-refractivity contribution in [3.05, 3.63) is 182 Å². The summed E-state index contributed by atoms with van der Waals surface area (Å²) < 4.78 is 2.66. The summed E-state index contributed by atoms with van der Waals surface area (Å²) in [6, 6.07) is 67.0. The monoisotopic (exact) mass is 638 g/mol. The Hall–Kier alpha value is -6.02. The Morgan fingerprint density at radius 1 is 0.265 bits per heavy atom. The van der Waals surface area contributed by atoms with E-state index >= 15 is 0 Å². The number of rotatable bonds is 4. The first kappa shape index (κ1) is 28.0. The third kappa shape index (κ3) is 4.51. The number of fused-ring (bicyclic) bond motifs is 6. The zero-order chi connectivity index (χ0) is 32.3. The minimum atomic E-state index is 1.22. The summed E-state index contributed by atoms with van der Waals surface area (Å²) >= 11 is 1.87. The molecule has 0 atom stereocenters. The minimum Gasteiger partial charge on any atom is -0.135 e. The zero-order valence-corrected chi connectivity index (χ0v) is 27.5. The summed E-state index contributed by atoms with van der Waals surface area (Å²) in [5.41, 5.74) is 10.0. The lowest BCUT2D eigenvalue weighted by Gasteiger charge is -2.19. The molecule has 0 radical (unpaired) electrons. The first-order valence-corrected chi connectivity index (χ1v) is 17.7. The largest absolute Gasteiger partial charge is 0.135 e. The first-order chi connectivity index (χ1) is 24.3. The van der Waals surface area contributed by atoms with Crippen molar-refractivity contribution in [1.29, 1.82) is 0 Å². The van der Waals surface area contributed by atoms with Crippen LogP contribution in [0.25, 0.3) is 97.0 Å². The van der Waals surface area contributed by atoms with E-state index in [1.807, 2.05) is 11.3 Å². The lowest BCUT2D eigenvalue weighted by Crippen LogP contribution is -1.92. The molecule has 0 aliphatic carbocycles. The molecule has 0 fully saturated rings. The molecule has 0 aliphatic heterocycles. The maximum absolute atomic E-state index is 2.41. The van der Waals surface area contributed by atoms with Gasteiger partial charge in [0.2, 0.25) is 0 Å². The van der Waals surface area contributed by atoms with Gasteiger partial charge in [-0.2, -0.15) is 0 Å². The van der Waals surface area contributed by atoms with Gasteiger partial charge in [-0.15, -0.1) is 11.3 Å². The molecule has 228 valence electrons. The fourth-order valence-electron chi connectivity index (χ4n) is 7.90.